The van der Waals surface area contributed by atoms with Crippen molar-refractivity contribution in [2.75, 3.05) is 0 Å². The van der Waals surface area contributed by atoms with Gasteiger partial charge >= 0.3 is 0 Å². The van der Waals surface area contributed by atoms with E-state index in [9.17, 15) is 0 Å². The van der Waals surface area contributed by atoms with Crippen LogP contribution in [0.15, 0.2) is 24.7 Å². The Hall–Kier alpha value is -2.70. The molecule has 0 radical (unpaired) electrons. The van der Waals surface area contributed by atoms with E-state index in [1.807, 2.05) is 24.3 Å². The average Bonchev–Trinajstić information content (AvgIpc) is 2.87. The molecule has 0 saturated carbocycles. The molecule has 2 rings (SSSR count). The molecule has 0 amide bonds. The zero-order valence-electron chi connectivity index (χ0n) is 12.3. The maximum atomic E-state index is 9.11. The van der Waals surface area contributed by atoms with Gasteiger partial charge in [-0.3, -0.25) is 4.57 Å². The van der Waals surface area contributed by atoms with E-state index in [2.05, 4.69) is 36.1 Å². The maximum Gasteiger partial charge on any atom is 0.177 e. The Balaban J connectivity index is 2.22. The number of nitrogens with one attached hydrogen (secondary N) is 1. The van der Waals surface area contributed by atoms with Crippen LogP contribution in [0, 0.1) is 22.7 Å². The van der Waals surface area contributed by atoms with Crippen molar-refractivity contribution in [3.8, 4) is 18.0 Å². The van der Waals surface area contributed by atoms with Crippen LogP contribution in [0.2, 0.25) is 0 Å². The quantitative estimate of drug-likeness (QED) is 0.927. The minimum absolute atomic E-state index is 0.0404. The molecular formula is C15H16N6. The molecule has 0 bridgehead atoms. The van der Waals surface area contributed by atoms with Crippen molar-refractivity contribution in [2.24, 2.45) is 0 Å². The van der Waals surface area contributed by atoms with Crippen LogP contribution >= 0.6 is 0 Å². The fraction of sp³-hybridized carbons (Fsp3) is 0.333. The first-order valence-corrected chi connectivity index (χ1v) is 6.52. The van der Waals surface area contributed by atoms with Gasteiger partial charge in [-0.25, -0.2) is 9.97 Å². The van der Waals surface area contributed by atoms with Gasteiger partial charge in [-0.15, -0.1) is 0 Å². The first-order chi connectivity index (χ1) is 9.94. The molecule has 21 heavy (non-hydrogen) atoms. The van der Waals surface area contributed by atoms with E-state index >= 15 is 0 Å². The molecule has 0 aliphatic carbocycles. The molecule has 0 aliphatic heterocycles. The number of hydrogen-bond acceptors (Lipinski definition) is 5. The van der Waals surface area contributed by atoms with Crippen molar-refractivity contribution in [1.82, 2.24) is 19.9 Å². The van der Waals surface area contributed by atoms with E-state index in [1.54, 1.807) is 6.20 Å². The first kappa shape index (κ1) is 14.7. The van der Waals surface area contributed by atoms with Crippen LogP contribution < -0.4 is 5.32 Å². The summed E-state index contributed by atoms with van der Waals surface area (Å²) in [5.74, 6) is 0.569. The number of hydrogen-bond donors (Lipinski definition) is 1. The zero-order chi connectivity index (χ0) is 15.5. The van der Waals surface area contributed by atoms with E-state index < -0.39 is 0 Å². The third-order valence-electron chi connectivity index (χ3n) is 2.86. The van der Waals surface area contributed by atoms with Gasteiger partial charge in [-0.2, -0.15) is 10.5 Å². The van der Waals surface area contributed by atoms with Crippen LogP contribution in [0.1, 0.15) is 37.7 Å². The van der Waals surface area contributed by atoms with Gasteiger partial charge in [0, 0.05) is 18.3 Å². The van der Waals surface area contributed by atoms with Crippen molar-refractivity contribution in [3.63, 3.8) is 0 Å². The topological polar surface area (TPSA) is 90.3 Å². The lowest BCUT2D eigenvalue weighted by molar-refractivity contribution is 0.424. The Morgan fingerprint density at radius 2 is 1.95 bits per heavy atom. The molecule has 0 aromatic carbocycles. The predicted octanol–water partition coefficient (Wildman–Crippen LogP) is 1.90. The highest BCUT2D eigenvalue weighted by Gasteiger charge is 2.12. The molecule has 106 valence electrons. The third-order valence-corrected chi connectivity index (χ3v) is 2.86. The maximum absolute atomic E-state index is 9.11. The lowest BCUT2D eigenvalue weighted by atomic mass is 10.1. The number of pyridine rings is 1. The van der Waals surface area contributed by atoms with Crippen LogP contribution in [-0.4, -0.2) is 20.1 Å². The largest absolute Gasteiger partial charge is 0.308 e. The van der Waals surface area contributed by atoms with Gasteiger partial charge in [0.2, 0.25) is 0 Å². The van der Waals surface area contributed by atoms with Crippen molar-refractivity contribution >= 4 is 0 Å². The number of aromatic nitrogens is 3. The summed E-state index contributed by atoms with van der Waals surface area (Å²) < 4.78 is 1.51. The molecule has 0 fully saturated rings. The molecule has 2 heterocycles. The van der Waals surface area contributed by atoms with Crippen LogP contribution in [0.25, 0.3) is 5.82 Å². The number of nitrogens with zero attached hydrogens (tertiary/aromatic N) is 5. The minimum Gasteiger partial charge on any atom is -0.308 e. The smallest absolute Gasteiger partial charge is 0.177 e. The van der Waals surface area contributed by atoms with E-state index in [1.165, 1.54) is 10.9 Å². The summed E-state index contributed by atoms with van der Waals surface area (Å²) in [5, 5.41) is 21.4. The molecule has 6 heteroatoms. The minimum atomic E-state index is 0.0404. The van der Waals surface area contributed by atoms with Gasteiger partial charge in [0.15, 0.2) is 11.4 Å². The van der Waals surface area contributed by atoms with Crippen LogP contribution in [0.3, 0.4) is 0 Å². The molecular weight excluding hydrogens is 264 g/mol. The Morgan fingerprint density at radius 3 is 2.48 bits per heavy atom. The molecule has 0 unspecified atom stereocenters. The standard InChI is InChI=1S/C15H16N6/c1-15(2,3)20-9-11-4-5-14(18-8-11)21-10-19-12(6-16)13(21)7-17/h4-5,8,10,20H,9H2,1-3H3. The molecule has 0 saturated heterocycles. The van der Waals surface area contributed by atoms with E-state index in [0.29, 0.717) is 5.82 Å². The molecule has 6 nitrogen and oxygen atoms in total. The first-order valence-electron chi connectivity index (χ1n) is 6.52. The molecule has 2 aromatic rings. The summed E-state index contributed by atoms with van der Waals surface area (Å²) >= 11 is 0. The second-order valence-corrected chi connectivity index (χ2v) is 5.66. The second kappa shape index (κ2) is 5.74. The van der Waals surface area contributed by atoms with E-state index in [0.717, 1.165) is 12.1 Å². The molecule has 1 N–H and O–H groups in total. The fourth-order valence-corrected chi connectivity index (χ4v) is 1.74. The Morgan fingerprint density at radius 1 is 1.19 bits per heavy atom. The summed E-state index contributed by atoms with van der Waals surface area (Å²) in [6.07, 6.45) is 3.19. The summed E-state index contributed by atoms with van der Waals surface area (Å²) in [4.78, 5) is 8.23. The Bertz CT molecular complexity index is 707. The Labute approximate surface area is 123 Å². The predicted molar refractivity (Wildman–Crippen MR) is 77.4 cm³/mol. The van der Waals surface area contributed by atoms with Crippen LogP contribution in [0.4, 0.5) is 0 Å². The number of nitriles is 2. The zero-order valence-corrected chi connectivity index (χ0v) is 12.3. The average molecular weight is 280 g/mol. The van der Waals surface area contributed by atoms with Crippen molar-refractivity contribution in [3.05, 3.63) is 41.6 Å². The highest BCUT2D eigenvalue weighted by Crippen LogP contribution is 2.12. The van der Waals surface area contributed by atoms with Crippen molar-refractivity contribution < 1.29 is 0 Å². The van der Waals surface area contributed by atoms with E-state index in [-0.39, 0.29) is 16.9 Å². The summed E-state index contributed by atoms with van der Waals surface area (Å²) in [6.45, 7) is 7.02. The highest BCUT2D eigenvalue weighted by molar-refractivity contribution is 5.41. The fourth-order valence-electron chi connectivity index (χ4n) is 1.74. The SMILES string of the molecule is CC(C)(C)NCc1ccc(-n2cnc(C#N)c2C#N)nc1. The van der Waals surface area contributed by atoms with E-state index in [4.69, 9.17) is 10.5 Å². The normalized spacial score (nSPS) is 10.9. The molecule has 2 aromatic heterocycles. The molecule has 0 aliphatic rings. The summed E-state index contributed by atoms with van der Waals surface area (Å²) in [6, 6.07) is 7.62. The molecule has 0 atom stereocenters. The highest BCUT2D eigenvalue weighted by atomic mass is 15.1. The molecule has 0 spiro atoms. The summed E-state index contributed by atoms with van der Waals surface area (Å²) in [5.41, 5.74) is 1.40. The van der Waals surface area contributed by atoms with Gasteiger partial charge in [-0.05, 0) is 32.4 Å². The lowest BCUT2D eigenvalue weighted by Crippen LogP contribution is -2.35. The van der Waals surface area contributed by atoms with Gasteiger partial charge in [-0.1, -0.05) is 6.07 Å². The number of rotatable bonds is 3. The van der Waals surface area contributed by atoms with Crippen molar-refractivity contribution in [1.29, 1.82) is 10.5 Å². The second-order valence-electron chi connectivity index (χ2n) is 5.66. The monoisotopic (exact) mass is 280 g/mol. The van der Waals surface area contributed by atoms with Gasteiger partial charge in [0.1, 0.15) is 24.3 Å². The Kier molecular flexibility index (Phi) is 4.02. The van der Waals surface area contributed by atoms with Crippen LogP contribution in [-0.2, 0) is 6.54 Å². The number of imidazole rings is 1. The summed E-state index contributed by atoms with van der Waals surface area (Å²) in [7, 11) is 0. The van der Waals surface area contributed by atoms with Crippen molar-refractivity contribution in [2.45, 2.75) is 32.9 Å². The van der Waals surface area contributed by atoms with Gasteiger partial charge in [0.05, 0.1) is 0 Å². The van der Waals surface area contributed by atoms with Gasteiger partial charge < -0.3 is 5.32 Å². The van der Waals surface area contributed by atoms with Crippen LogP contribution in [0.5, 0.6) is 0 Å². The third kappa shape index (κ3) is 3.44. The van der Waals surface area contributed by atoms with Gasteiger partial charge in [0.25, 0.3) is 0 Å². The lowest BCUT2D eigenvalue weighted by Gasteiger charge is -2.20.